The summed E-state index contributed by atoms with van der Waals surface area (Å²) in [4.78, 5) is 27.3. The van der Waals surface area contributed by atoms with Gasteiger partial charge in [-0.3, -0.25) is 14.3 Å². The predicted octanol–water partition coefficient (Wildman–Crippen LogP) is -0.531. The number of nitrogens with zero attached hydrogens (tertiary/aromatic N) is 4. The highest BCUT2D eigenvalue weighted by atomic mass is 35.5. The SMILES string of the molecule is [N-]=[N+]=NC1(CO)O[C@@H](n2cc(Cl)c(=O)[nH]c2=O)C[C@@H]1O. The van der Waals surface area contributed by atoms with Crippen LogP contribution >= 0.6 is 11.6 Å². The van der Waals surface area contributed by atoms with Gasteiger partial charge in [-0.25, -0.2) is 4.79 Å². The Morgan fingerprint density at radius 1 is 1.70 bits per heavy atom. The van der Waals surface area contributed by atoms with Crippen molar-refractivity contribution in [1.29, 1.82) is 0 Å². The second-order valence-electron chi connectivity index (χ2n) is 4.16. The predicted molar refractivity (Wildman–Crippen MR) is 66.0 cm³/mol. The van der Waals surface area contributed by atoms with Crippen molar-refractivity contribution in [2.75, 3.05) is 6.61 Å². The molecule has 2 heterocycles. The molecule has 0 bridgehead atoms. The summed E-state index contributed by atoms with van der Waals surface area (Å²) in [5, 5.41) is 22.1. The summed E-state index contributed by atoms with van der Waals surface area (Å²) in [6, 6.07) is 0. The number of hydrogen-bond acceptors (Lipinski definition) is 6. The van der Waals surface area contributed by atoms with Crippen molar-refractivity contribution in [3.8, 4) is 0 Å². The van der Waals surface area contributed by atoms with Crippen LogP contribution in [0.5, 0.6) is 0 Å². The van der Waals surface area contributed by atoms with Gasteiger partial charge in [0, 0.05) is 17.5 Å². The molecule has 0 saturated carbocycles. The molecule has 3 N–H and O–H groups in total. The molecular formula is C9H10ClN5O5. The van der Waals surface area contributed by atoms with E-state index in [2.05, 4.69) is 10.0 Å². The molecule has 1 aliphatic heterocycles. The number of ether oxygens (including phenoxy) is 1. The van der Waals surface area contributed by atoms with Crippen LogP contribution in [-0.4, -0.2) is 38.2 Å². The van der Waals surface area contributed by atoms with Crippen LogP contribution in [0.3, 0.4) is 0 Å². The highest BCUT2D eigenvalue weighted by molar-refractivity contribution is 6.30. The van der Waals surface area contributed by atoms with Crippen molar-refractivity contribution in [1.82, 2.24) is 9.55 Å². The molecule has 0 aromatic carbocycles. The number of H-pyrrole nitrogens is 1. The van der Waals surface area contributed by atoms with E-state index >= 15 is 0 Å². The second kappa shape index (κ2) is 5.27. The van der Waals surface area contributed by atoms with Gasteiger partial charge < -0.3 is 14.9 Å². The molecule has 0 amide bonds. The highest BCUT2D eigenvalue weighted by Gasteiger charge is 2.48. The summed E-state index contributed by atoms with van der Waals surface area (Å²) in [5.41, 5.74) is 5.02. The molecular weight excluding hydrogens is 294 g/mol. The zero-order chi connectivity index (χ0) is 14.9. The quantitative estimate of drug-likeness (QED) is 0.389. The Morgan fingerprint density at radius 2 is 2.40 bits per heavy atom. The van der Waals surface area contributed by atoms with Gasteiger partial charge in [0.1, 0.15) is 11.3 Å². The van der Waals surface area contributed by atoms with Crippen LogP contribution in [0.2, 0.25) is 5.02 Å². The number of hydrogen-bond donors (Lipinski definition) is 3. The van der Waals surface area contributed by atoms with Crippen molar-refractivity contribution < 1.29 is 14.9 Å². The number of azide groups is 1. The number of halogens is 1. The van der Waals surface area contributed by atoms with Gasteiger partial charge in [-0.1, -0.05) is 16.7 Å². The first-order chi connectivity index (χ1) is 9.43. The van der Waals surface area contributed by atoms with Crippen molar-refractivity contribution in [3.63, 3.8) is 0 Å². The zero-order valence-electron chi connectivity index (χ0n) is 9.93. The lowest BCUT2D eigenvalue weighted by Crippen LogP contribution is -2.41. The molecule has 1 fully saturated rings. The summed E-state index contributed by atoms with van der Waals surface area (Å²) in [5.74, 6) is 0. The molecule has 0 radical (unpaired) electrons. The molecule has 0 spiro atoms. The molecule has 10 nitrogen and oxygen atoms in total. The highest BCUT2D eigenvalue weighted by Crippen LogP contribution is 2.37. The first-order valence-corrected chi connectivity index (χ1v) is 5.85. The molecule has 1 saturated heterocycles. The van der Waals surface area contributed by atoms with Crippen LogP contribution in [0.25, 0.3) is 10.4 Å². The smallest absolute Gasteiger partial charge is 0.330 e. The summed E-state index contributed by atoms with van der Waals surface area (Å²) in [7, 11) is 0. The van der Waals surface area contributed by atoms with Crippen LogP contribution in [0, 0.1) is 0 Å². The number of rotatable bonds is 3. The molecule has 1 aromatic heterocycles. The van der Waals surface area contributed by atoms with Crippen molar-refractivity contribution in [2.24, 2.45) is 5.11 Å². The van der Waals surface area contributed by atoms with E-state index in [1.165, 1.54) is 0 Å². The van der Waals surface area contributed by atoms with Crippen LogP contribution in [-0.2, 0) is 4.74 Å². The largest absolute Gasteiger partial charge is 0.393 e. The van der Waals surface area contributed by atoms with E-state index in [-0.39, 0.29) is 11.4 Å². The number of aromatic amines is 1. The minimum atomic E-state index is -1.87. The average molecular weight is 304 g/mol. The number of aromatic nitrogens is 2. The summed E-state index contributed by atoms with van der Waals surface area (Å²) >= 11 is 5.61. The average Bonchev–Trinajstić information content (AvgIpc) is 2.72. The summed E-state index contributed by atoms with van der Waals surface area (Å²) < 4.78 is 6.22. The van der Waals surface area contributed by atoms with E-state index < -0.39 is 35.9 Å². The molecule has 3 atom stereocenters. The van der Waals surface area contributed by atoms with Crippen LogP contribution < -0.4 is 11.2 Å². The van der Waals surface area contributed by atoms with Crippen LogP contribution in [0.1, 0.15) is 12.6 Å². The summed E-state index contributed by atoms with van der Waals surface area (Å²) in [6.07, 6.45) is -1.43. The molecule has 11 heteroatoms. The molecule has 1 aromatic rings. The zero-order valence-corrected chi connectivity index (χ0v) is 10.7. The van der Waals surface area contributed by atoms with E-state index in [4.69, 9.17) is 21.9 Å². The maximum atomic E-state index is 11.7. The standard InChI is InChI=1S/C9H10ClN5O5/c10-4-2-15(8(19)12-7(4)18)6-1-5(17)9(3-16,20-6)13-14-11/h2,5-6,16-17H,1,3H2,(H,12,18,19)/t5-,6+,9?/m0/s1. The van der Waals surface area contributed by atoms with Crippen LogP contribution in [0.4, 0.5) is 0 Å². The van der Waals surface area contributed by atoms with E-state index in [1.807, 2.05) is 4.98 Å². The normalized spacial score (nSPS) is 29.1. The lowest BCUT2D eigenvalue weighted by atomic mass is 10.1. The minimum Gasteiger partial charge on any atom is -0.393 e. The van der Waals surface area contributed by atoms with Gasteiger partial charge in [-0.05, 0) is 5.53 Å². The molecule has 2 rings (SSSR count). The lowest BCUT2D eigenvalue weighted by Gasteiger charge is -2.24. The summed E-state index contributed by atoms with van der Waals surface area (Å²) in [6.45, 7) is -0.763. The van der Waals surface area contributed by atoms with Gasteiger partial charge in [0.2, 0.25) is 0 Å². The fraction of sp³-hybridized carbons (Fsp3) is 0.556. The number of aliphatic hydroxyl groups excluding tert-OH is 2. The third kappa shape index (κ3) is 2.30. The topological polar surface area (TPSA) is 153 Å². The van der Waals surface area contributed by atoms with Gasteiger partial charge in [0.05, 0.1) is 12.7 Å². The van der Waals surface area contributed by atoms with Gasteiger partial charge in [-0.2, -0.15) is 0 Å². The maximum absolute atomic E-state index is 11.7. The molecule has 1 aliphatic rings. The van der Waals surface area contributed by atoms with Gasteiger partial charge >= 0.3 is 5.69 Å². The van der Waals surface area contributed by atoms with Crippen molar-refractivity contribution in [2.45, 2.75) is 24.5 Å². The Balaban J connectivity index is 2.43. The maximum Gasteiger partial charge on any atom is 0.330 e. The Morgan fingerprint density at radius 3 is 3.00 bits per heavy atom. The first-order valence-electron chi connectivity index (χ1n) is 5.47. The monoisotopic (exact) mass is 303 g/mol. The molecule has 20 heavy (non-hydrogen) atoms. The fourth-order valence-electron chi connectivity index (χ4n) is 1.92. The molecule has 1 unspecified atom stereocenters. The third-order valence-corrected chi connectivity index (χ3v) is 3.23. The van der Waals surface area contributed by atoms with Crippen LogP contribution in [0.15, 0.2) is 20.9 Å². The first kappa shape index (κ1) is 14.6. The van der Waals surface area contributed by atoms with Gasteiger partial charge in [-0.15, -0.1) is 0 Å². The number of aliphatic hydroxyl groups is 2. The molecule has 108 valence electrons. The van der Waals surface area contributed by atoms with Gasteiger partial charge in [0.15, 0.2) is 5.72 Å². The fourth-order valence-corrected chi connectivity index (χ4v) is 2.07. The van der Waals surface area contributed by atoms with Crippen molar-refractivity contribution >= 4 is 11.6 Å². The Labute approximate surface area is 115 Å². The Kier molecular flexibility index (Phi) is 3.84. The van der Waals surface area contributed by atoms with E-state index in [0.29, 0.717) is 0 Å². The Bertz CT molecular complexity index is 680. The lowest BCUT2D eigenvalue weighted by molar-refractivity contribution is -0.124. The van der Waals surface area contributed by atoms with E-state index in [9.17, 15) is 19.8 Å². The van der Waals surface area contributed by atoms with E-state index in [1.54, 1.807) is 0 Å². The van der Waals surface area contributed by atoms with Gasteiger partial charge in [0.25, 0.3) is 5.56 Å². The second-order valence-corrected chi connectivity index (χ2v) is 4.57. The molecule has 0 aliphatic carbocycles. The Hall–Kier alpha value is -1.84. The number of nitrogens with one attached hydrogen (secondary N) is 1. The third-order valence-electron chi connectivity index (χ3n) is 2.96. The minimum absolute atomic E-state index is 0.123. The van der Waals surface area contributed by atoms with E-state index in [0.717, 1.165) is 10.8 Å². The van der Waals surface area contributed by atoms with Crippen molar-refractivity contribution in [3.05, 3.63) is 42.5 Å².